The second-order valence-electron chi connectivity index (χ2n) is 12.0. The van der Waals surface area contributed by atoms with E-state index in [1.54, 1.807) is 11.1 Å². The van der Waals surface area contributed by atoms with Crippen molar-refractivity contribution in [2.45, 2.75) is 91.4 Å². The Kier molecular flexibility index (Phi) is 5.43. The van der Waals surface area contributed by atoms with Gasteiger partial charge in [0.15, 0.2) is 0 Å². The lowest BCUT2D eigenvalue weighted by atomic mass is 9.53. The third-order valence-corrected chi connectivity index (χ3v) is 10.3. The molecule has 0 heteroatoms. The Labute approximate surface area is 196 Å². The molecule has 4 aliphatic carbocycles. The topological polar surface area (TPSA) is 0 Å². The number of rotatable bonds is 3. The zero-order chi connectivity index (χ0) is 22.6. The molecule has 2 saturated carbocycles. The van der Waals surface area contributed by atoms with Gasteiger partial charge in [-0.25, -0.2) is 0 Å². The molecule has 2 fully saturated rings. The highest BCUT2D eigenvalue weighted by atomic mass is 14.6. The lowest BCUT2D eigenvalue weighted by molar-refractivity contribution is 0.0655. The minimum atomic E-state index is 0.335. The van der Waals surface area contributed by atoms with Gasteiger partial charge in [0, 0.05) is 0 Å². The summed E-state index contributed by atoms with van der Waals surface area (Å²) in [4.78, 5) is 0. The van der Waals surface area contributed by atoms with Gasteiger partial charge in [0.2, 0.25) is 0 Å². The molecule has 0 spiro atoms. The summed E-state index contributed by atoms with van der Waals surface area (Å²) in [6, 6.07) is 7.16. The molecule has 5 rings (SSSR count). The molecule has 5 atom stereocenters. The minimum Gasteiger partial charge on any atom is -0.0984 e. The van der Waals surface area contributed by atoms with Crippen molar-refractivity contribution < 1.29 is 0 Å². The van der Waals surface area contributed by atoms with Crippen LogP contribution in [0.4, 0.5) is 0 Å². The monoisotopic (exact) mass is 426 g/mol. The third kappa shape index (κ3) is 3.24. The summed E-state index contributed by atoms with van der Waals surface area (Å²) in [5.41, 5.74) is 8.71. The second kappa shape index (κ2) is 7.89. The highest BCUT2D eigenvalue weighted by Gasteiger charge is 2.57. The largest absolute Gasteiger partial charge is 0.0984 e. The smallest absolute Gasteiger partial charge is 0.00444 e. The van der Waals surface area contributed by atoms with Crippen LogP contribution < -0.4 is 0 Å². The first-order chi connectivity index (χ1) is 15.3. The lowest BCUT2D eigenvalue weighted by Crippen LogP contribution is -2.42. The third-order valence-electron chi connectivity index (χ3n) is 10.3. The van der Waals surface area contributed by atoms with Crippen LogP contribution in [-0.2, 0) is 0 Å². The Bertz CT molecular complexity index is 1000. The highest BCUT2D eigenvalue weighted by molar-refractivity contribution is 5.65. The van der Waals surface area contributed by atoms with Gasteiger partial charge in [0.1, 0.15) is 0 Å². The number of benzene rings is 1. The zero-order valence-electron chi connectivity index (χ0n) is 20.8. The molecule has 1 aromatic rings. The van der Waals surface area contributed by atoms with Crippen molar-refractivity contribution in [1.29, 1.82) is 0 Å². The lowest BCUT2D eigenvalue weighted by Gasteiger charge is -2.51. The summed E-state index contributed by atoms with van der Waals surface area (Å²) in [6.07, 6.45) is 23.9. The van der Waals surface area contributed by atoms with Crippen LogP contribution in [0.2, 0.25) is 0 Å². The van der Waals surface area contributed by atoms with Crippen molar-refractivity contribution in [1.82, 2.24) is 0 Å². The highest BCUT2D eigenvalue weighted by Crippen LogP contribution is 2.67. The summed E-state index contributed by atoms with van der Waals surface area (Å²) >= 11 is 0. The predicted molar refractivity (Wildman–Crippen MR) is 140 cm³/mol. The van der Waals surface area contributed by atoms with Crippen molar-refractivity contribution in [3.8, 4) is 0 Å². The Morgan fingerprint density at radius 1 is 1.00 bits per heavy atom. The van der Waals surface area contributed by atoms with Crippen LogP contribution in [-0.4, -0.2) is 0 Å². The maximum absolute atomic E-state index is 4.11. The van der Waals surface area contributed by atoms with E-state index >= 15 is 0 Å². The quantitative estimate of drug-likeness (QED) is 0.451. The predicted octanol–water partition coefficient (Wildman–Crippen LogP) is 9.50. The molecule has 5 unspecified atom stereocenters. The fourth-order valence-electron chi connectivity index (χ4n) is 8.29. The van der Waals surface area contributed by atoms with Crippen LogP contribution in [0.25, 0.3) is 12.2 Å². The molecule has 0 heterocycles. The SMILES string of the molecule is C=Cc1cc(C2CCC3C4(C)CCC5(C)CCCCC5=CC4=CCC23C)ccc1/C=C\C. The normalized spacial score (nSPS) is 38.9. The Morgan fingerprint density at radius 2 is 1.84 bits per heavy atom. The standard InChI is InChI=1S/C32H42/c1-6-10-24-12-13-25(21-23(24)7-2)28-14-15-29-31(4)20-19-30(3)17-9-8-11-26(30)22-27(31)16-18-32(28,29)5/h6-7,10,12-13,16,21-22,28-29H,2,8-9,11,14-15,17-20H2,1,3-5H3/b10-6-. The molecule has 0 radical (unpaired) electrons. The molecular weight excluding hydrogens is 384 g/mol. The van der Waals surface area contributed by atoms with E-state index in [0.717, 1.165) is 5.92 Å². The maximum Gasteiger partial charge on any atom is -0.00444 e. The Hall–Kier alpha value is -1.82. The van der Waals surface area contributed by atoms with Crippen LogP contribution in [0.1, 0.15) is 108 Å². The molecule has 0 saturated heterocycles. The molecule has 1 aromatic carbocycles. The van der Waals surface area contributed by atoms with Gasteiger partial charge in [-0.1, -0.05) is 87.9 Å². The van der Waals surface area contributed by atoms with E-state index in [4.69, 9.17) is 0 Å². The number of fused-ring (bicyclic) bond motifs is 4. The van der Waals surface area contributed by atoms with Crippen LogP contribution >= 0.6 is 0 Å². The molecule has 0 aliphatic heterocycles. The van der Waals surface area contributed by atoms with E-state index in [1.165, 1.54) is 74.5 Å². The van der Waals surface area contributed by atoms with Gasteiger partial charge in [-0.2, -0.15) is 0 Å². The average Bonchev–Trinajstić information content (AvgIpc) is 3.09. The average molecular weight is 427 g/mol. The molecule has 0 nitrogen and oxygen atoms in total. The van der Waals surface area contributed by atoms with Crippen molar-refractivity contribution in [2.24, 2.45) is 22.2 Å². The van der Waals surface area contributed by atoms with Crippen LogP contribution in [0.5, 0.6) is 0 Å². The number of hydrogen-bond acceptors (Lipinski definition) is 0. The van der Waals surface area contributed by atoms with E-state index in [-0.39, 0.29) is 0 Å². The van der Waals surface area contributed by atoms with E-state index in [2.05, 4.69) is 76.8 Å². The number of allylic oxidation sites excluding steroid dienone is 5. The molecule has 4 aliphatic rings. The van der Waals surface area contributed by atoms with Gasteiger partial charge < -0.3 is 0 Å². The maximum atomic E-state index is 4.11. The summed E-state index contributed by atoms with van der Waals surface area (Å²) < 4.78 is 0. The molecule has 0 amide bonds. The zero-order valence-corrected chi connectivity index (χ0v) is 20.8. The first-order valence-electron chi connectivity index (χ1n) is 13.1. The van der Waals surface area contributed by atoms with Gasteiger partial charge in [-0.3, -0.25) is 0 Å². The molecule has 0 N–H and O–H groups in total. The summed E-state index contributed by atoms with van der Waals surface area (Å²) in [5, 5.41) is 0. The summed E-state index contributed by atoms with van der Waals surface area (Å²) in [7, 11) is 0. The van der Waals surface area contributed by atoms with Crippen LogP contribution in [0.15, 0.2) is 54.2 Å². The van der Waals surface area contributed by atoms with Gasteiger partial charge in [0.05, 0.1) is 0 Å². The Morgan fingerprint density at radius 3 is 2.62 bits per heavy atom. The molecule has 32 heavy (non-hydrogen) atoms. The molecular formula is C32H42. The van der Waals surface area contributed by atoms with Crippen molar-refractivity contribution in [3.05, 3.63) is 70.8 Å². The van der Waals surface area contributed by atoms with Crippen LogP contribution in [0.3, 0.4) is 0 Å². The van der Waals surface area contributed by atoms with E-state index in [1.807, 2.05) is 6.08 Å². The van der Waals surface area contributed by atoms with Gasteiger partial charge in [-0.15, -0.1) is 0 Å². The fourth-order valence-corrected chi connectivity index (χ4v) is 8.29. The van der Waals surface area contributed by atoms with E-state index in [9.17, 15) is 0 Å². The van der Waals surface area contributed by atoms with E-state index < -0.39 is 0 Å². The summed E-state index contributed by atoms with van der Waals surface area (Å²) in [6.45, 7) is 14.0. The van der Waals surface area contributed by atoms with Crippen LogP contribution in [0, 0.1) is 22.2 Å². The first-order valence-corrected chi connectivity index (χ1v) is 13.1. The fraction of sp³-hybridized carbons (Fsp3) is 0.562. The van der Waals surface area contributed by atoms with Crippen molar-refractivity contribution >= 4 is 12.2 Å². The number of hydrogen-bond donors (Lipinski definition) is 0. The van der Waals surface area contributed by atoms with Gasteiger partial charge in [0.25, 0.3) is 0 Å². The summed E-state index contributed by atoms with van der Waals surface area (Å²) in [5.74, 6) is 1.43. The molecule has 0 bridgehead atoms. The van der Waals surface area contributed by atoms with Gasteiger partial charge in [-0.05, 0) is 109 Å². The first kappa shape index (κ1) is 22.0. The van der Waals surface area contributed by atoms with Gasteiger partial charge >= 0.3 is 0 Å². The second-order valence-corrected chi connectivity index (χ2v) is 12.0. The van der Waals surface area contributed by atoms with E-state index in [0.29, 0.717) is 22.2 Å². The Balaban J connectivity index is 1.51. The van der Waals surface area contributed by atoms with Crippen molar-refractivity contribution in [2.75, 3.05) is 0 Å². The minimum absolute atomic E-state index is 0.335. The molecule has 0 aromatic heterocycles. The van der Waals surface area contributed by atoms with Crippen molar-refractivity contribution in [3.63, 3.8) is 0 Å². The molecule has 170 valence electrons.